The minimum Gasteiger partial charge on any atom is -0.295 e. The van der Waals surface area contributed by atoms with Crippen LogP contribution in [0.3, 0.4) is 0 Å². The second kappa shape index (κ2) is 6.06. The Morgan fingerprint density at radius 2 is 1.89 bits per heavy atom. The molecule has 1 aromatic rings. The molecule has 1 atom stereocenters. The molecule has 0 bridgehead atoms. The minimum atomic E-state index is -4.26. The van der Waals surface area contributed by atoms with Gasteiger partial charge in [-0.2, -0.15) is 8.42 Å². The van der Waals surface area contributed by atoms with Gasteiger partial charge in [0.25, 0.3) is 10.1 Å². The molecule has 0 aliphatic heterocycles. The van der Waals surface area contributed by atoms with E-state index < -0.39 is 22.0 Å². The molecule has 1 unspecified atom stereocenters. The SMILES string of the molecule is CC(=O)c1ccc(CC(CCF)S(=O)(=O)O)cc1. The summed E-state index contributed by atoms with van der Waals surface area (Å²) in [5.74, 6) is -0.0864. The molecule has 0 heterocycles. The van der Waals surface area contributed by atoms with Crippen LogP contribution in [0, 0.1) is 0 Å². The Labute approximate surface area is 106 Å². The number of alkyl halides is 1. The molecule has 0 aliphatic rings. The molecule has 0 saturated heterocycles. The van der Waals surface area contributed by atoms with E-state index in [0.29, 0.717) is 11.1 Å². The van der Waals surface area contributed by atoms with Gasteiger partial charge in [-0.05, 0) is 25.3 Å². The third-order valence-corrected chi connectivity index (χ3v) is 3.92. The lowest BCUT2D eigenvalue weighted by Gasteiger charge is -2.12. The van der Waals surface area contributed by atoms with Gasteiger partial charge in [0.05, 0.1) is 11.9 Å². The first-order chi connectivity index (χ1) is 8.34. The Balaban J connectivity index is 2.85. The molecular weight excluding hydrogens is 259 g/mol. The van der Waals surface area contributed by atoms with Crippen molar-refractivity contribution in [2.24, 2.45) is 0 Å². The van der Waals surface area contributed by atoms with Crippen LogP contribution < -0.4 is 0 Å². The highest BCUT2D eigenvalue weighted by molar-refractivity contribution is 7.86. The lowest BCUT2D eigenvalue weighted by molar-refractivity contribution is 0.101. The summed E-state index contributed by atoms with van der Waals surface area (Å²) in [7, 11) is -4.26. The van der Waals surface area contributed by atoms with Gasteiger partial charge in [-0.25, -0.2) is 0 Å². The molecule has 0 radical (unpaired) electrons. The van der Waals surface area contributed by atoms with Crippen molar-refractivity contribution in [3.63, 3.8) is 0 Å². The Morgan fingerprint density at radius 1 is 1.33 bits per heavy atom. The smallest absolute Gasteiger partial charge is 0.268 e. The maximum atomic E-state index is 12.2. The van der Waals surface area contributed by atoms with Crippen LogP contribution in [-0.4, -0.2) is 30.7 Å². The second-order valence-corrected chi connectivity index (χ2v) is 5.77. The maximum Gasteiger partial charge on any atom is 0.268 e. The average molecular weight is 274 g/mol. The van der Waals surface area contributed by atoms with Crippen LogP contribution in [0.15, 0.2) is 24.3 Å². The molecule has 1 rings (SSSR count). The van der Waals surface area contributed by atoms with E-state index >= 15 is 0 Å². The van der Waals surface area contributed by atoms with Crippen LogP contribution in [0.25, 0.3) is 0 Å². The van der Waals surface area contributed by atoms with Crippen molar-refractivity contribution < 1.29 is 22.2 Å². The molecule has 100 valence electrons. The van der Waals surface area contributed by atoms with Crippen molar-refractivity contribution in [3.8, 4) is 0 Å². The van der Waals surface area contributed by atoms with E-state index in [2.05, 4.69) is 0 Å². The van der Waals surface area contributed by atoms with Crippen molar-refractivity contribution in [3.05, 3.63) is 35.4 Å². The van der Waals surface area contributed by atoms with Crippen LogP contribution in [0.4, 0.5) is 4.39 Å². The van der Waals surface area contributed by atoms with Crippen LogP contribution in [0.1, 0.15) is 29.3 Å². The topological polar surface area (TPSA) is 71.4 Å². The quantitative estimate of drug-likeness (QED) is 0.636. The fourth-order valence-corrected chi connectivity index (χ4v) is 2.41. The van der Waals surface area contributed by atoms with Gasteiger partial charge in [-0.15, -0.1) is 0 Å². The molecule has 4 nitrogen and oxygen atoms in total. The number of benzene rings is 1. The van der Waals surface area contributed by atoms with Crippen molar-refractivity contribution in [1.29, 1.82) is 0 Å². The number of carbonyl (C=O) groups is 1. The molecule has 0 saturated carbocycles. The minimum absolute atomic E-state index is 0.0287. The van der Waals surface area contributed by atoms with Crippen molar-refractivity contribution >= 4 is 15.9 Å². The van der Waals surface area contributed by atoms with Gasteiger partial charge in [0, 0.05) is 5.56 Å². The lowest BCUT2D eigenvalue weighted by Crippen LogP contribution is -2.23. The van der Waals surface area contributed by atoms with E-state index in [4.69, 9.17) is 4.55 Å². The van der Waals surface area contributed by atoms with Crippen molar-refractivity contribution in [1.82, 2.24) is 0 Å². The summed E-state index contributed by atoms with van der Waals surface area (Å²) in [6, 6.07) is 6.36. The van der Waals surface area contributed by atoms with Gasteiger partial charge in [0.1, 0.15) is 0 Å². The molecule has 0 spiro atoms. The molecule has 1 N–H and O–H groups in total. The van der Waals surface area contributed by atoms with Crippen molar-refractivity contribution in [2.45, 2.75) is 25.0 Å². The summed E-state index contributed by atoms with van der Waals surface area (Å²) in [6.07, 6.45) is -0.214. The van der Waals surface area contributed by atoms with E-state index in [-0.39, 0.29) is 18.6 Å². The first-order valence-corrected chi connectivity index (χ1v) is 6.97. The van der Waals surface area contributed by atoms with Crippen LogP contribution >= 0.6 is 0 Å². The molecule has 0 aromatic heterocycles. The zero-order valence-electron chi connectivity index (χ0n) is 9.97. The summed E-state index contributed by atoms with van der Waals surface area (Å²) < 4.78 is 43.3. The van der Waals surface area contributed by atoms with E-state index in [9.17, 15) is 17.6 Å². The van der Waals surface area contributed by atoms with Crippen LogP contribution in [-0.2, 0) is 16.5 Å². The van der Waals surface area contributed by atoms with Crippen LogP contribution in [0.2, 0.25) is 0 Å². The largest absolute Gasteiger partial charge is 0.295 e. The number of Topliss-reactive ketones (excluding diaryl/α,β-unsaturated/α-hetero) is 1. The predicted octanol–water partition coefficient (Wildman–Crippen LogP) is 2.05. The molecule has 0 fully saturated rings. The van der Waals surface area contributed by atoms with Crippen molar-refractivity contribution in [2.75, 3.05) is 6.67 Å². The molecule has 0 aliphatic carbocycles. The highest BCUT2D eigenvalue weighted by Gasteiger charge is 2.23. The molecular formula is C12H15FO4S. The second-order valence-electron chi connectivity index (χ2n) is 4.07. The van der Waals surface area contributed by atoms with Gasteiger partial charge in [-0.3, -0.25) is 13.7 Å². The highest BCUT2D eigenvalue weighted by atomic mass is 32.2. The summed E-state index contributed by atoms with van der Waals surface area (Å²) in [5, 5.41) is -1.15. The molecule has 0 amide bonds. The van der Waals surface area contributed by atoms with E-state index in [0.717, 1.165) is 0 Å². The average Bonchev–Trinajstić information content (AvgIpc) is 2.28. The van der Waals surface area contributed by atoms with Crippen LogP contribution in [0.5, 0.6) is 0 Å². The molecule has 18 heavy (non-hydrogen) atoms. The zero-order valence-corrected chi connectivity index (χ0v) is 10.8. The summed E-state index contributed by atoms with van der Waals surface area (Å²) >= 11 is 0. The Bertz CT molecular complexity index is 507. The number of hydrogen-bond donors (Lipinski definition) is 1. The number of ketones is 1. The number of halogens is 1. The van der Waals surface area contributed by atoms with E-state index in [1.54, 1.807) is 24.3 Å². The summed E-state index contributed by atoms with van der Waals surface area (Å²) in [4.78, 5) is 11.1. The fourth-order valence-electron chi connectivity index (χ4n) is 1.62. The summed E-state index contributed by atoms with van der Waals surface area (Å²) in [6.45, 7) is 0.620. The normalized spacial score (nSPS) is 13.3. The highest BCUT2D eigenvalue weighted by Crippen LogP contribution is 2.14. The Morgan fingerprint density at radius 3 is 2.28 bits per heavy atom. The van der Waals surface area contributed by atoms with Gasteiger partial charge in [0.2, 0.25) is 0 Å². The maximum absolute atomic E-state index is 12.2. The van der Waals surface area contributed by atoms with Gasteiger partial charge in [0.15, 0.2) is 5.78 Å². The Hall–Kier alpha value is -1.27. The van der Waals surface area contributed by atoms with E-state index in [1.165, 1.54) is 6.92 Å². The van der Waals surface area contributed by atoms with Gasteiger partial charge in [-0.1, -0.05) is 24.3 Å². The number of hydrogen-bond acceptors (Lipinski definition) is 3. The Kier molecular flexibility index (Phi) is 4.98. The lowest BCUT2D eigenvalue weighted by atomic mass is 10.0. The first kappa shape index (κ1) is 14.8. The molecule has 1 aromatic carbocycles. The standard InChI is InChI=1S/C12H15FO4S/c1-9(14)11-4-2-10(3-5-11)8-12(6-7-13)18(15,16)17/h2-5,12H,6-8H2,1H3,(H,15,16,17). The third-order valence-electron chi connectivity index (χ3n) is 2.68. The predicted molar refractivity (Wildman–Crippen MR) is 66.1 cm³/mol. The monoisotopic (exact) mass is 274 g/mol. The van der Waals surface area contributed by atoms with Gasteiger partial charge >= 0.3 is 0 Å². The third kappa shape index (κ3) is 4.19. The van der Waals surface area contributed by atoms with Gasteiger partial charge < -0.3 is 0 Å². The van der Waals surface area contributed by atoms with E-state index in [1.807, 2.05) is 0 Å². The summed E-state index contributed by atoms with van der Waals surface area (Å²) in [5.41, 5.74) is 1.16. The molecule has 6 heteroatoms. The first-order valence-electron chi connectivity index (χ1n) is 5.46. The number of carbonyl (C=O) groups excluding carboxylic acids is 1. The zero-order chi connectivity index (χ0) is 13.8. The number of rotatable bonds is 6. The fraction of sp³-hybridized carbons (Fsp3) is 0.417.